The Hall–Kier alpha value is 0. The van der Waals surface area contributed by atoms with E-state index in [-0.39, 0.29) is 0 Å². The molecule has 0 aliphatic heterocycles. The number of unbranched alkanes of at least 4 members (excludes halogenated alkanes) is 1. The van der Waals surface area contributed by atoms with Crippen LogP contribution in [0.5, 0.6) is 0 Å². The molecular formula is C14H27. The van der Waals surface area contributed by atoms with Crippen LogP contribution in [0, 0.1) is 24.2 Å². The van der Waals surface area contributed by atoms with Gasteiger partial charge in [0.15, 0.2) is 0 Å². The highest BCUT2D eigenvalue weighted by Gasteiger charge is 2.36. The van der Waals surface area contributed by atoms with Crippen LogP contribution in [0.4, 0.5) is 0 Å². The molecule has 0 aromatic rings. The van der Waals surface area contributed by atoms with Crippen LogP contribution in [0.2, 0.25) is 0 Å². The van der Waals surface area contributed by atoms with Gasteiger partial charge < -0.3 is 0 Å². The molecule has 1 rings (SSSR count). The van der Waals surface area contributed by atoms with Crippen LogP contribution >= 0.6 is 0 Å². The van der Waals surface area contributed by atoms with Crippen LogP contribution in [0.1, 0.15) is 65.7 Å². The van der Waals surface area contributed by atoms with E-state index in [4.69, 9.17) is 0 Å². The first-order valence-corrected chi connectivity index (χ1v) is 6.40. The van der Waals surface area contributed by atoms with Gasteiger partial charge in [-0.3, -0.25) is 0 Å². The van der Waals surface area contributed by atoms with Gasteiger partial charge in [0.1, 0.15) is 0 Å². The minimum absolute atomic E-state index is 0.662. The minimum Gasteiger partial charge on any atom is -0.0625 e. The summed E-state index contributed by atoms with van der Waals surface area (Å²) in [5.74, 6) is 1.81. The van der Waals surface area contributed by atoms with Gasteiger partial charge >= 0.3 is 0 Å². The first-order valence-electron chi connectivity index (χ1n) is 6.40. The van der Waals surface area contributed by atoms with E-state index in [1.165, 1.54) is 38.5 Å². The largest absolute Gasteiger partial charge is 0.0625 e. The van der Waals surface area contributed by atoms with Crippen LogP contribution in [-0.2, 0) is 0 Å². The quantitative estimate of drug-likeness (QED) is 0.602. The first kappa shape index (κ1) is 12.1. The third-order valence-corrected chi connectivity index (χ3v) is 4.28. The maximum atomic E-state index is 3.98. The Morgan fingerprint density at radius 2 is 2.14 bits per heavy atom. The summed E-state index contributed by atoms with van der Waals surface area (Å²) in [5, 5.41) is 0. The molecule has 0 N–H and O–H groups in total. The van der Waals surface area contributed by atoms with Crippen LogP contribution in [-0.4, -0.2) is 0 Å². The molecule has 0 aromatic carbocycles. The van der Waals surface area contributed by atoms with Gasteiger partial charge in [0.2, 0.25) is 0 Å². The number of hydrogen-bond acceptors (Lipinski definition) is 0. The van der Waals surface area contributed by atoms with Crippen molar-refractivity contribution in [3.8, 4) is 0 Å². The third-order valence-electron chi connectivity index (χ3n) is 4.28. The Morgan fingerprint density at radius 3 is 2.64 bits per heavy atom. The van der Waals surface area contributed by atoms with Crippen molar-refractivity contribution >= 4 is 0 Å². The SMILES string of the molecule is [CH2]CCCC1(C(C)C)CCCC(C)C1. The molecule has 1 radical (unpaired) electrons. The molecule has 2 unspecified atom stereocenters. The maximum Gasteiger partial charge on any atom is -0.0272 e. The van der Waals surface area contributed by atoms with Crippen molar-refractivity contribution in [3.05, 3.63) is 6.92 Å². The standard InChI is InChI=1S/C14H27/c1-5-6-9-14(12(2)3)10-7-8-13(4)11-14/h12-13H,1,5-11H2,2-4H3. The van der Waals surface area contributed by atoms with Gasteiger partial charge in [-0.15, -0.1) is 0 Å². The number of hydrogen-bond donors (Lipinski definition) is 0. The zero-order valence-corrected chi connectivity index (χ0v) is 10.3. The second-order valence-corrected chi connectivity index (χ2v) is 5.68. The summed E-state index contributed by atoms with van der Waals surface area (Å²) in [6.45, 7) is 11.2. The summed E-state index contributed by atoms with van der Waals surface area (Å²) in [5.41, 5.74) is 0.662. The second-order valence-electron chi connectivity index (χ2n) is 5.68. The summed E-state index contributed by atoms with van der Waals surface area (Å²) in [4.78, 5) is 0. The Morgan fingerprint density at radius 1 is 1.43 bits per heavy atom. The van der Waals surface area contributed by atoms with E-state index in [0.717, 1.165) is 18.3 Å². The highest BCUT2D eigenvalue weighted by molar-refractivity contribution is 4.87. The Kier molecular flexibility index (Phi) is 4.47. The van der Waals surface area contributed by atoms with Crippen molar-refractivity contribution in [2.24, 2.45) is 17.3 Å². The van der Waals surface area contributed by atoms with Gasteiger partial charge in [-0.2, -0.15) is 0 Å². The molecule has 0 amide bonds. The predicted molar refractivity (Wildman–Crippen MR) is 64.1 cm³/mol. The summed E-state index contributed by atoms with van der Waals surface area (Å²) < 4.78 is 0. The molecule has 0 spiro atoms. The summed E-state index contributed by atoms with van der Waals surface area (Å²) in [7, 11) is 0. The smallest absolute Gasteiger partial charge is 0.0272 e. The van der Waals surface area contributed by atoms with Gasteiger partial charge in [-0.25, -0.2) is 0 Å². The van der Waals surface area contributed by atoms with Crippen molar-refractivity contribution in [3.63, 3.8) is 0 Å². The van der Waals surface area contributed by atoms with Crippen LogP contribution in [0.15, 0.2) is 0 Å². The fraction of sp³-hybridized carbons (Fsp3) is 0.929. The molecule has 0 bridgehead atoms. The second kappa shape index (κ2) is 5.19. The lowest BCUT2D eigenvalue weighted by Crippen LogP contribution is -2.32. The highest BCUT2D eigenvalue weighted by Crippen LogP contribution is 2.48. The van der Waals surface area contributed by atoms with E-state index >= 15 is 0 Å². The Labute approximate surface area is 90.5 Å². The lowest BCUT2D eigenvalue weighted by Gasteiger charge is -2.44. The summed E-state index contributed by atoms with van der Waals surface area (Å²) >= 11 is 0. The molecular weight excluding hydrogens is 168 g/mol. The van der Waals surface area contributed by atoms with Crippen molar-refractivity contribution in [2.75, 3.05) is 0 Å². The molecule has 0 nitrogen and oxygen atoms in total. The summed E-state index contributed by atoms with van der Waals surface area (Å²) in [6, 6.07) is 0. The molecule has 2 atom stereocenters. The van der Waals surface area contributed by atoms with Crippen LogP contribution < -0.4 is 0 Å². The molecule has 0 aromatic heterocycles. The van der Waals surface area contributed by atoms with E-state index in [1.54, 1.807) is 0 Å². The zero-order valence-electron chi connectivity index (χ0n) is 10.3. The summed E-state index contributed by atoms with van der Waals surface area (Å²) in [6.07, 6.45) is 9.70. The molecule has 1 aliphatic carbocycles. The van der Waals surface area contributed by atoms with Crippen molar-refractivity contribution < 1.29 is 0 Å². The van der Waals surface area contributed by atoms with Gasteiger partial charge in [-0.05, 0) is 36.5 Å². The van der Waals surface area contributed by atoms with E-state index < -0.39 is 0 Å². The van der Waals surface area contributed by atoms with Gasteiger partial charge in [-0.1, -0.05) is 53.4 Å². The van der Waals surface area contributed by atoms with Gasteiger partial charge in [0.05, 0.1) is 0 Å². The van der Waals surface area contributed by atoms with E-state index in [0.29, 0.717) is 5.41 Å². The highest BCUT2D eigenvalue weighted by atomic mass is 14.4. The van der Waals surface area contributed by atoms with E-state index in [1.807, 2.05) is 0 Å². The lowest BCUT2D eigenvalue weighted by atomic mass is 9.62. The molecule has 14 heavy (non-hydrogen) atoms. The zero-order chi connectivity index (χ0) is 10.6. The van der Waals surface area contributed by atoms with Crippen LogP contribution in [0.3, 0.4) is 0 Å². The fourth-order valence-electron chi connectivity index (χ4n) is 3.22. The van der Waals surface area contributed by atoms with Crippen LogP contribution in [0.25, 0.3) is 0 Å². The van der Waals surface area contributed by atoms with Crippen molar-refractivity contribution in [1.29, 1.82) is 0 Å². The first-order chi connectivity index (χ1) is 6.60. The molecule has 83 valence electrons. The third kappa shape index (κ3) is 2.74. The molecule has 0 heteroatoms. The number of rotatable bonds is 4. The molecule has 1 fully saturated rings. The lowest BCUT2D eigenvalue weighted by molar-refractivity contribution is 0.0738. The molecule has 0 heterocycles. The Bertz CT molecular complexity index is 159. The average Bonchev–Trinajstić information content (AvgIpc) is 2.14. The van der Waals surface area contributed by atoms with E-state index in [9.17, 15) is 0 Å². The molecule has 0 saturated heterocycles. The molecule has 1 saturated carbocycles. The van der Waals surface area contributed by atoms with Gasteiger partial charge in [0.25, 0.3) is 0 Å². The Balaban J connectivity index is 2.60. The monoisotopic (exact) mass is 195 g/mol. The fourth-order valence-corrected chi connectivity index (χ4v) is 3.22. The van der Waals surface area contributed by atoms with E-state index in [2.05, 4.69) is 27.7 Å². The maximum absolute atomic E-state index is 3.98. The molecule has 1 aliphatic rings. The topological polar surface area (TPSA) is 0 Å². The average molecular weight is 195 g/mol. The normalized spacial score (nSPS) is 33.6. The van der Waals surface area contributed by atoms with Gasteiger partial charge in [0, 0.05) is 0 Å². The van der Waals surface area contributed by atoms with Crippen molar-refractivity contribution in [2.45, 2.75) is 65.7 Å². The van der Waals surface area contributed by atoms with Crippen molar-refractivity contribution in [1.82, 2.24) is 0 Å². The predicted octanol–water partition coefficient (Wildman–Crippen LogP) is 4.84. The minimum atomic E-state index is 0.662.